The van der Waals surface area contributed by atoms with Gasteiger partial charge in [0.2, 0.25) is 0 Å². The molecule has 2 saturated heterocycles. The lowest BCUT2D eigenvalue weighted by Gasteiger charge is -2.48. The predicted octanol–water partition coefficient (Wildman–Crippen LogP) is 5.38. The number of carbonyl (C=O) groups excluding carboxylic acids is 1. The Kier molecular flexibility index (Phi) is 4.69. The van der Waals surface area contributed by atoms with Crippen LogP contribution < -0.4 is 5.32 Å². The molecule has 4 aliphatic carbocycles. The Morgan fingerprint density at radius 3 is 2.90 bits per heavy atom. The number of ether oxygens (including phenoxy) is 1. The Hall–Kier alpha value is -0.200. The van der Waals surface area contributed by atoms with Gasteiger partial charge in [-0.25, -0.2) is 0 Å². The summed E-state index contributed by atoms with van der Waals surface area (Å²) in [5, 5.41) is 3.84. The van der Waals surface area contributed by atoms with Crippen molar-refractivity contribution in [2.75, 3.05) is 6.54 Å². The second-order valence-corrected chi connectivity index (χ2v) is 12.9. The number of piperidine rings is 1. The van der Waals surface area contributed by atoms with E-state index in [9.17, 15) is 4.79 Å². The van der Waals surface area contributed by atoms with E-state index in [0.29, 0.717) is 27.8 Å². The van der Waals surface area contributed by atoms with Crippen LogP contribution in [-0.2, 0) is 9.53 Å². The first-order valence-corrected chi connectivity index (χ1v) is 13.6. The van der Waals surface area contributed by atoms with Gasteiger partial charge in [-0.15, -0.1) is 0 Å². The second kappa shape index (κ2) is 6.90. The molecule has 164 valence electrons. The maximum atomic E-state index is 12.1. The van der Waals surface area contributed by atoms with E-state index in [1.165, 1.54) is 37.7 Å². The Morgan fingerprint density at radius 2 is 2.07 bits per heavy atom. The highest BCUT2D eigenvalue weighted by molar-refractivity contribution is 14.1. The average molecular weight is 521 g/mol. The number of hydrogen-bond donors (Lipinski definition) is 1. The predicted molar refractivity (Wildman–Crippen MR) is 128 cm³/mol. The summed E-state index contributed by atoms with van der Waals surface area (Å²) in [7, 11) is 0. The highest BCUT2D eigenvalue weighted by Gasteiger charge is 2.61. The van der Waals surface area contributed by atoms with E-state index in [4.69, 9.17) is 4.74 Å². The second-order valence-electron chi connectivity index (χ2n) is 11.6. The van der Waals surface area contributed by atoms with Crippen LogP contribution in [0.4, 0.5) is 0 Å². The molecule has 6 aliphatic rings. The Labute approximate surface area is 195 Å². The van der Waals surface area contributed by atoms with Crippen LogP contribution in [0.15, 0.2) is 22.8 Å². The monoisotopic (exact) mass is 521 g/mol. The molecule has 0 aromatic rings. The standard InChI is InChI=1S/C26H36INO2/c1-14-10-22-23(28-13-14)24(27)26(30-22)9-7-18-19-5-4-16-11-17(29)6-8-25(16,3)21(19)12-20(18)15(26)2/h11,14,18-19,21-24,28H,4-10,12-13H2,1-3H3/t14-,18-,19-,21-,22+,23+,24+,25-,26-/m0/s1. The molecule has 0 aromatic carbocycles. The minimum absolute atomic E-state index is 0.0472. The molecule has 0 amide bonds. The number of hydrogen-bond acceptors (Lipinski definition) is 3. The molecule has 4 heteroatoms. The third kappa shape index (κ3) is 2.65. The molecule has 0 unspecified atom stereocenters. The lowest BCUT2D eigenvalue weighted by atomic mass is 9.56. The number of rotatable bonds is 0. The number of allylic oxidation sites excluding steroid dienone is 3. The highest BCUT2D eigenvalue weighted by atomic mass is 127. The van der Waals surface area contributed by atoms with Crippen LogP contribution in [0.3, 0.4) is 0 Å². The summed E-state index contributed by atoms with van der Waals surface area (Å²) in [6, 6.07) is 0.508. The number of carbonyl (C=O) groups is 1. The lowest BCUT2D eigenvalue weighted by Crippen LogP contribution is -2.51. The van der Waals surface area contributed by atoms with Crippen LogP contribution in [-0.4, -0.2) is 34.0 Å². The highest BCUT2D eigenvalue weighted by Crippen LogP contribution is 2.65. The van der Waals surface area contributed by atoms with Gasteiger partial charge < -0.3 is 10.1 Å². The zero-order valence-corrected chi connectivity index (χ0v) is 20.8. The van der Waals surface area contributed by atoms with Crippen molar-refractivity contribution in [3.8, 4) is 0 Å². The van der Waals surface area contributed by atoms with E-state index in [1.54, 1.807) is 11.1 Å². The van der Waals surface area contributed by atoms with Crippen molar-refractivity contribution in [1.82, 2.24) is 5.32 Å². The molecular formula is C26H36INO2. The summed E-state index contributed by atoms with van der Waals surface area (Å²) >= 11 is 2.72. The zero-order valence-electron chi connectivity index (χ0n) is 18.7. The molecule has 1 N–H and O–H groups in total. The van der Waals surface area contributed by atoms with Gasteiger partial charge in [-0.1, -0.05) is 47.6 Å². The van der Waals surface area contributed by atoms with E-state index in [1.807, 2.05) is 6.08 Å². The quantitative estimate of drug-likeness (QED) is 0.265. The molecule has 6 rings (SSSR count). The first kappa shape index (κ1) is 20.4. The molecule has 2 aliphatic heterocycles. The molecule has 0 aromatic heterocycles. The van der Waals surface area contributed by atoms with Crippen molar-refractivity contribution in [2.45, 2.75) is 93.8 Å². The third-order valence-electron chi connectivity index (χ3n) is 10.2. The summed E-state index contributed by atoms with van der Waals surface area (Å²) < 4.78 is 7.54. The Bertz CT molecular complexity index is 848. The van der Waals surface area contributed by atoms with E-state index in [2.05, 4.69) is 48.7 Å². The summed E-state index contributed by atoms with van der Waals surface area (Å²) in [6.45, 7) is 8.39. The molecule has 0 bridgehead atoms. The SMILES string of the molecule is CC1=C2C[C@H]3[C@@H](CCC4=CC(=O)CC[C@@]43C)[C@@H]2CC[C@]12O[C@@H]1C[C@H](C)CN[C@H]1[C@H]2I. The lowest BCUT2D eigenvalue weighted by molar-refractivity contribution is -0.116. The van der Waals surface area contributed by atoms with Crippen LogP contribution in [0.5, 0.6) is 0 Å². The van der Waals surface area contributed by atoms with Gasteiger partial charge in [-0.05, 0) is 99.1 Å². The van der Waals surface area contributed by atoms with Gasteiger partial charge in [0.15, 0.2) is 5.78 Å². The summed E-state index contributed by atoms with van der Waals surface area (Å²) in [6.07, 6.45) is 11.6. The van der Waals surface area contributed by atoms with Crippen molar-refractivity contribution in [3.05, 3.63) is 22.8 Å². The fourth-order valence-electron chi connectivity index (χ4n) is 8.53. The Morgan fingerprint density at radius 1 is 1.23 bits per heavy atom. The average Bonchev–Trinajstić information content (AvgIpc) is 3.23. The summed E-state index contributed by atoms with van der Waals surface area (Å²) in [5.41, 5.74) is 5.02. The zero-order chi connectivity index (χ0) is 20.8. The van der Waals surface area contributed by atoms with Crippen LogP contribution in [0.25, 0.3) is 0 Å². The van der Waals surface area contributed by atoms with E-state index >= 15 is 0 Å². The number of nitrogens with one attached hydrogen (secondary N) is 1. The minimum Gasteiger partial charge on any atom is -0.365 e. The normalized spacial score (nSPS) is 52.6. The smallest absolute Gasteiger partial charge is 0.155 e. The van der Waals surface area contributed by atoms with Gasteiger partial charge >= 0.3 is 0 Å². The largest absolute Gasteiger partial charge is 0.365 e. The van der Waals surface area contributed by atoms with Crippen molar-refractivity contribution in [2.24, 2.45) is 29.1 Å². The van der Waals surface area contributed by atoms with Crippen molar-refractivity contribution in [3.63, 3.8) is 0 Å². The molecule has 3 nitrogen and oxygen atoms in total. The van der Waals surface area contributed by atoms with Crippen LogP contribution >= 0.6 is 22.6 Å². The van der Waals surface area contributed by atoms with E-state index < -0.39 is 0 Å². The Balaban J connectivity index is 1.36. The number of ketones is 1. The first-order chi connectivity index (χ1) is 14.3. The van der Waals surface area contributed by atoms with Gasteiger partial charge in [-0.3, -0.25) is 4.79 Å². The van der Waals surface area contributed by atoms with Gasteiger partial charge in [0, 0.05) is 12.5 Å². The maximum Gasteiger partial charge on any atom is 0.155 e. The fourth-order valence-corrected chi connectivity index (χ4v) is 10.2. The van der Waals surface area contributed by atoms with Crippen LogP contribution in [0, 0.1) is 29.1 Å². The van der Waals surface area contributed by atoms with Crippen LogP contribution in [0.1, 0.15) is 72.1 Å². The first-order valence-electron chi connectivity index (χ1n) is 12.3. The van der Waals surface area contributed by atoms with Gasteiger partial charge in [0.25, 0.3) is 0 Å². The minimum atomic E-state index is -0.0472. The summed E-state index contributed by atoms with van der Waals surface area (Å²) in [5.74, 6) is 3.38. The van der Waals surface area contributed by atoms with E-state index in [0.717, 1.165) is 43.6 Å². The van der Waals surface area contributed by atoms with E-state index in [-0.39, 0.29) is 11.0 Å². The topological polar surface area (TPSA) is 38.3 Å². The van der Waals surface area contributed by atoms with Crippen molar-refractivity contribution in [1.29, 1.82) is 0 Å². The molecular weight excluding hydrogens is 485 g/mol. The third-order valence-corrected chi connectivity index (χ3v) is 12.0. The van der Waals surface area contributed by atoms with Crippen LogP contribution in [0.2, 0.25) is 0 Å². The molecule has 2 saturated carbocycles. The van der Waals surface area contributed by atoms with Gasteiger partial charge in [-0.2, -0.15) is 0 Å². The molecule has 2 heterocycles. The molecule has 9 atom stereocenters. The number of fused-ring (bicyclic) bond motifs is 6. The van der Waals surface area contributed by atoms with Crippen molar-refractivity contribution < 1.29 is 9.53 Å². The van der Waals surface area contributed by atoms with Crippen molar-refractivity contribution >= 4 is 28.4 Å². The molecule has 30 heavy (non-hydrogen) atoms. The van der Waals surface area contributed by atoms with Gasteiger partial charge in [0.05, 0.1) is 10.0 Å². The molecule has 1 spiro atoms. The maximum absolute atomic E-state index is 12.1. The molecule has 0 radical (unpaired) electrons. The molecule has 4 fully saturated rings. The fraction of sp³-hybridized carbons (Fsp3) is 0.808. The summed E-state index contributed by atoms with van der Waals surface area (Å²) in [4.78, 5) is 12.1. The van der Waals surface area contributed by atoms with Gasteiger partial charge in [0.1, 0.15) is 5.60 Å². The number of halogens is 1. The number of alkyl halides is 1.